The molecule has 0 saturated carbocycles. The second-order valence-electron chi connectivity index (χ2n) is 4.43. The first kappa shape index (κ1) is 11.1. The van der Waals surface area contributed by atoms with Gasteiger partial charge in [-0.05, 0) is 29.9 Å². The zero-order valence-electron chi connectivity index (χ0n) is 9.44. The van der Waals surface area contributed by atoms with Crippen molar-refractivity contribution in [1.82, 2.24) is 5.32 Å². The summed E-state index contributed by atoms with van der Waals surface area (Å²) in [4.78, 5) is 10.6. The third-order valence-electron chi connectivity index (χ3n) is 3.29. The summed E-state index contributed by atoms with van der Waals surface area (Å²) in [7, 11) is 0. The van der Waals surface area contributed by atoms with Crippen LogP contribution >= 0.6 is 0 Å². The molecule has 0 amide bonds. The molecule has 0 fully saturated rings. The molecule has 2 unspecified atom stereocenters. The van der Waals surface area contributed by atoms with E-state index in [1.54, 1.807) is 0 Å². The van der Waals surface area contributed by atoms with E-state index >= 15 is 0 Å². The SMILES string of the molecule is CC1CCC(NCC(=O)O)c2ccccc21. The van der Waals surface area contributed by atoms with E-state index in [0.29, 0.717) is 5.92 Å². The third kappa shape index (κ3) is 2.25. The second-order valence-corrected chi connectivity index (χ2v) is 4.43. The molecular formula is C13H17NO2. The first-order chi connectivity index (χ1) is 7.68. The highest BCUT2D eigenvalue weighted by atomic mass is 16.4. The number of benzene rings is 1. The number of carboxylic acid groups (broad SMARTS) is 1. The van der Waals surface area contributed by atoms with Crippen molar-refractivity contribution in [2.75, 3.05) is 6.54 Å². The Morgan fingerprint density at radius 2 is 2.06 bits per heavy atom. The van der Waals surface area contributed by atoms with Crippen molar-refractivity contribution in [2.24, 2.45) is 0 Å². The predicted octanol–water partition coefficient (Wildman–Crippen LogP) is 2.30. The van der Waals surface area contributed by atoms with Gasteiger partial charge in [0.1, 0.15) is 0 Å². The van der Waals surface area contributed by atoms with Gasteiger partial charge in [0, 0.05) is 6.04 Å². The van der Waals surface area contributed by atoms with Crippen LogP contribution in [0.2, 0.25) is 0 Å². The predicted molar refractivity (Wildman–Crippen MR) is 62.5 cm³/mol. The number of rotatable bonds is 3. The van der Waals surface area contributed by atoms with Gasteiger partial charge in [0.25, 0.3) is 0 Å². The first-order valence-electron chi connectivity index (χ1n) is 5.72. The number of carboxylic acids is 1. The fourth-order valence-corrected chi connectivity index (χ4v) is 2.43. The Morgan fingerprint density at radius 1 is 1.38 bits per heavy atom. The topological polar surface area (TPSA) is 49.3 Å². The van der Waals surface area contributed by atoms with Gasteiger partial charge in [-0.15, -0.1) is 0 Å². The fourth-order valence-electron chi connectivity index (χ4n) is 2.43. The van der Waals surface area contributed by atoms with Gasteiger partial charge in [0.15, 0.2) is 0 Å². The molecule has 0 bridgehead atoms. The van der Waals surface area contributed by atoms with Crippen molar-refractivity contribution in [1.29, 1.82) is 0 Å². The maximum atomic E-state index is 10.6. The Hall–Kier alpha value is -1.35. The molecule has 2 rings (SSSR count). The molecule has 0 saturated heterocycles. The number of aliphatic carboxylic acids is 1. The summed E-state index contributed by atoms with van der Waals surface area (Å²) in [5.41, 5.74) is 2.62. The van der Waals surface area contributed by atoms with Gasteiger partial charge in [-0.1, -0.05) is 31.2 Å². The summed E-state index contributed by atoms with van der Waals surface area (Å²) in [5, 5.41) is 11.8. The average Bonchev–Trinajstić information content (AvgIpc) is 2.28. The number of nitrogens with one attached hydrogen (secondary N) is 1. The highest BCUT2D eigenvalue weighted by molar-refractivity contribution is 5.69. The highest BCUT2D eigenvalue weighted by Gasteiger charge is 2.24. The Balaban J connectivity index is 2.18. The quantitative estimate of drug-likeness (QED) is 0.820. The van der Waals surface area contributed by atoms with Crippen molar-refractivity contribution in [3.05, 3.63) is 35.4 Å². The van der Waals surface area contributed by atoms with Gasteiger partial charge in [-0.3, -0.25) is 4.79 Å². The highest BCUT2D eigenvalue weighted by Crippen LogP contribution is 2.36. The molecule has 1 aromatic carbocycles. The zero-order chi connectivity index (χ0) is 11.5. The van der Waals surface area contributed by atoms with Crippen LogP contribution in [0.15, 0.2) is 24.3 Å². The zero-order valence-corrected chi connectivity index (χ0v) is 9.44. The van der Waals surface area contributed by atoms with Crippen molar-refractivity contribution in [2.45, 2.75) is 31.7 Å². The maximum absolute atomic E-state index is 10.6. The normalized spacial score (nSPS) is 23.8. The molecule has 86 valence electrons. The molecule has 2 N–H and O–H groups in total. The van der Waals surface area contributed by atoms with Crippen LogP contribution in [0.4, 0.5) is 0 Å². The smallest absolute Gasteiger partial charge is 0.317 e. The lowest BCUT2D eigenvalue weighted by Crippen LogP contribution is -2.30. The lowest BCUT2D eigenvalue weighted by molar-refractivity contribution is -0.136. The monoisotopic (exact) mass is 219 g/mol. The van der Waals surface area contributed by atoms with E-state index in [2.05, 4.69) is 30.4 Å². The lowest BCUT2D eigenvalue weighted by Gasteiger charge is -2.30. The molecule has 0 radical (unpaired) electrons. The maximum Gasteiger partial charge on any atom is 0.317 e. The number of fused-ring (bicyclic) bond motifs is 1. The molecule has 16 heavy (non-hydrogen) atoms. The number of carbonyl (C=O) groups is 1. The van der Waals surface area contributed by atoms with Crippen LogP contribution in [-0.2, 0) is 4.79 Å². The molecule has 3 nitrogen and oxygen atoms in total. The van der Waals surface area contributed by atoms with E-state index in [0.717, 1.165) is 12.8 Å². The van der Waals surface area contributed by atoms with Gasteiger partial charge in [0.05, 0.1) is 6.54 Å². The molecule has 0 heterocycles. The van der Waals surface area contributed by atoms with Crippen LogP contribution < -0.4 is 5.32 Å². The fraction of sp³-hybridized carbons (Fsp3) is 0.462. The van der Waals surface area contributed by atoms with Crippen molar-refractivity contribution in [3.63, 3.8) is 0 Å². The van der Waals surface area contributed by atoms with Crippen LogP contribution in [0.3, 0.4) is 0 Å². The lowest BCUT2D eigenvalue weighted by atomic mass is 9.81. The van der Waals surface area contributed by atoms with Gasteiger partial charge < -0.3 is 10.4 Å². The molecule has 0 aliphatic heterocycles. The van der Waals surface area contributed by atoms with E-state index in [4.69, 9.17) is 5.11 Å². The van der Waals surface area contributed by atoms with Gasteiger partial charge in [0.2, 0.25) is 0 Å². The second kappa shape index (κ2) is 4.66. The Bertz CT molecular complexity index is 389. The average molecular weight is 219 g/mol. The Kier molecular flexibility index (Phi) is 3.25. The minimum Gasteiger partial charge on any atom is -0.480 e. The minimum atomic E-state index is -0.795. The van der Waals surface area contributed by atoms with Crippen LogP contribution in [0.25, 0.3) is 0 Å². The number of hydrogen-bond donors (Lipinski definition) is 2. The molecule has 1 aliphatic rings. The van der Waals surface area contributed by atoms with E-state index in [1.165, 1.54) is 11.1 Å². The van der Waals surface area contributed by atoms with Gasteiger partial charge in [-0.25, -0.2) is 0 Å². The summed E-state index contributed by atoms with van der Waals surface area (Å²) in [5.74, 6) is -0.213. The van der Waals surface area contributed by atoms with E-state index < -0.39 is 5.97 Å². The summed E-state index contributed by atoms with van der Waals surface area (Å²) >= 11 is 0. The summed E-state index contributed by atoms with van der Waals surface area (Å²) < 4.78 is 0. The molecule has 1 aromatic rings. The van der Waals surface area contributed by atoms with Crippen molar-refractivity contribution >= 4 is 5.97 Å². The minimum absolute atomic E-state index is 0.0351. The molecular weight excluding hydrogens is 202 g/mol. The molecule has 0 spiro atoms. The molecule has 2 atom stereocenters. The summed E-state index contributed by atoms with van der Waals surface area (Å²) in [6.45, 7) is 2.26. The van der Waals surface area contributed by atoms with E-state index in [-0.39, 0.29) is 12.6 Å². The first-order valence-corrected chi connectivity index (χ1v) is 5.72. The van der Waals surface area contributed by atoms with Crippen LogP contribution in [0.5, 0.6) is 0 Å². The number of hydrogen-bond acceptors (Lipinski definition) is 2. The van der Waals surface area contributed by atoms with Crippen molar-refractivity contribution in [3.8, 4) is 0 Å². The van der Waals surface area contributed by atoms with E-state index in [9.17, 15) is 4.79 Å². The van der Waals surface area contributed by atoms with E-state index in [1.807, 2.05) is 6.07 Å². The summed E-state index contributed by atoms with van der Waals surface area (Å²) in [6.07, 6.45) is 2.14. The molecule has 0 aromatic heterocycles. The largest absolute Gasteiger partial charge is 0.480 e. The molecule has 3 heteroatoms. The molecule has 1 aliphatic carbocycles. The van der Waals surface area contributed by atoms with Gasteiger partial charge in [-0.2, -0.15) is 0 Å². The summed E-state index contributed by atoms with van der Waals surface area (Å²) in [6, 6.07) is 8.52. The van der Waals surface area contributed by atoms with Crippen LogP contribution in [0.1, 0.15) is 42.9 Å². The van der Waals surface area contributed by atoms with Crippen LogP contribution in [0, 0.1) is 0 Å². The van der Waals surface area contributed by atoms with Crippen LogP contribution in [-0.4, -0.2) is 17.6 Å². The Morgan fingerprint density at radius 3 is 2.75 bits per heavy atom. The Labute approximate surface area is 95.5 Å². The van der Waals surface area contributed by atoms with Crippen molar-refractivity contribution < 1.29 is 9.90 Å². The van der Waals surface area contributed by atoms with Gasteiger partial charge >= 0.3 is 5.97 Å². The third-order valence-corrected chi connectivity index (χ3v) is 3.29. The standard InChI is InChI=1S/C13H17NO2/c1-9-6-7-12(14-8-13(15)16)11-5-3-2-4-10(9)11/h2-5,9,12,14H,6-8H2,1H3,(H,15,16).